The molecule has 7 nitrogen and oxygen atoms in total. The fourth-order valence-corrected chi connectivity index (χ4v) is 5.62. The zero-order valence-corrected chi connectivity index (χ0v) is 15.5. The van der Waals surface area contributed by atoms with Crippen LogP contribution in [0.15, 0.2) is 23.1 Å². The first-order valence-corrected chi connectivity index (χ1v) is 10.6. The maximum Gasteiger partial charge on any atom is 0.243 e. The summed E-state index contributed by atoms with van der Waals surface area (Å²) in [7, 11) is -3.53. The van der Waals surface area contributed by atoms with Crippen LogP contribution in [0, 0.1) is 5.92 Å². The van der Waals surface area contributed by atoms with E-state index in [9.17, 15) is 13.2 Å². The molecule has 1 atom stereocenters. The Kier molecular flexibility index (Phi) is 5.00. The number of rotatable bonds is 3. The van der Waals surface area contributed by atoms with Gasteiger partial charge in [-0.25, -0.2) is 8.42 Å². The molecule has 4 rings (SSSR count). The molecule has 0 radical (unpaired) electrons. The van der Waals surface area contributed by atoms with Crippen LogP contribution in [0.2, 0.25) is 0 Å². The van der Waals surface area contributed by atoms with Gasteiger partial charge in [-0.3, -0.25) is 4.79 Å². The number of sulfonamides is 1. The van der Waals surface area contributed by atoms with Crippen molar-refractivity contribution in [1.29, 1.82) is 0 Å². The minimum Gasteiger partial charge on any atom is -0.381 e. The van der Waals surface area contributed by atoms with Crippen molar-refractivity contribution in [3.05, 3.63) is 29.3 Å². The molecule has 2 fully saturated rings. The van der Waals surface area contributed by atoms with Crippen LogP contribution in [-0.4, -0.2) is 69.6 Å². The van der Waals surface area contributed by atoms with Gasteiger partial charge in [0.2, 0.25) is 15.9 Å². The lowest BCUT2D eigenvalue weighted by Crippen LogP contribution is -2.42. The van der Waals surface area contributed by atoms with Crippen molar-refractivity contribution in [3.8, 4) is 0 Å². The van der Waals surface area contributed by atoms with Crippen LogP contribution in [0.3, 0.4) is 0 Å². The van der Waals surface area contributed by atoms with Gasteiger partial charge in [-0.1, -0.05) is 12.1 Å². The third-order valence-electron chi connectivity index (χ3n) is 5.40. The number of carbonyl (C=O) groups is 1. The molecule has 0 aromatic heterocycles. The number of amides is 1. The maximum atomic E-state index is 13.1. The molecule has 0 saturated carbocycles. The van der Waals surface area contributed by atoms with Crippen LogP contribution < -0.4 is 0 Å². The van der Waals surface area contributed by atoms with Crippen LogP contribution in [-0.2, 0) is 37.3 Å². The zero-order valence-electron chi connectivity index (χ0n) is 14.7. The van der Waals surface area contributed by atoms with Crippen LogP contribution in [0.5, 0.6) is 0 Å². The quantitative estimate of drug-likeness (QED) is 0.769. The molecule has 1 amide bonds. The molecule has 142 valence electrons. The van der Waals surface area contributed by atoms with E-state index in [4.69, 9.17) is 9.47 Å². The van der Waals surface area contributed by atoms with Gasteiger partial charge in [-0.15, -0.1) is 0 Å². The Morgan fingerprint density at radius 1 is 1.08 bits per heavy atom. The van der Waals surface area contributed by atoms with Gasteiger partial charge in [0.1, 0.15) is 0 Å². The van der Waals surface area contributed by atoms with Crippen LogP contribution in [0.25, 0.3) is 0 Å². The van der Waals surface area contributed by atoms with E-state index in [-0.39, 0.29) is 11.8 Å². The average molecular weight is 380 g/mol. The second-order valence-electron chi connectivity index (χ2n) is 6.98. The highest BCUT2D eigenvalue weighted by Gasteiger charge is 2.34. The normalized spacial score (nSPS) is 24.5. The molecule has 2 saturated heterocycles. The molecule has 3 aliphatic heterocycles. The summed E-state index contributed by atoms with van der Waals surface area (Å²) < 4.78 is 38.2. The zero-order chi connectivity index (χ0) is 18.1. The van der Waals surface area contributed by atoms with Crippen LogP contribution in [0.4, 0.5) is 0 Å². The van der Waals surface area contributed by atoms with E-state index in [1.807, 2.05) is 11.0 Å². The summed E-state index contributed by atoms with van der Waals surface area (Å²) in [5.74, 6) is 0.0615. The third kappa shape index (κ3) is 3.26. The molecule has 1 aromatic rings. The van der Waals surface area contributed by atoms with E-state index in [1.165, 1.54) is 4.31 Å². The Labute approximate surface area is 153 Å². The number of carbonyl (C=O) groups excluding carboxylic acids is 1. The Morgan fingerprint density at radius 3 is 2.62 bits per heavy atom. The molecular formula is C18H24N2O5S. The SMILES string of the molecule is O=C(C1CCOC1)N1CCc2c(cccc2S(=O)(=O)N2CCOCC2)C1. The molecule has 0 N–H and O–H groups in total. The first-order valence-electron chi connectivity index (χ1n) is 9.12. The van der Waals surface area contributed by atoms with Crippen molar-refractivity contribution in [3.63, 3.8) is 0 Å². The molecule has 0 spiro atoms. The summed E-state index contributed by atoms with van der Waals surface area (Å²) >= 11 is 0. The molecule has 1 aromatic carbocycles. The Bertz CT molecular complexity index is 783. The second kappa shape index (κ2) is 7.26. The van der Waals surface area contributed by atoms with Crippen LogP contribution >= 0.6 is 0 Å². The first kappa shape index (κ1) is 17.9. The van der Waals surface area contributed by atoms with Crippen molar-refractivity contribution < 1.29 is 22.7 Å². The maximum absolute atomic E-state index is 13.1. The first-order chi connectivity index (χ1) is 12.6. The van der Waals surface area contributed by atoms with E-state index in [0.29, 0.717) is 63.9 Å². The predicted molar refractivity (Wildman–Crippen MR) is 94.1 cm³/mol. The summed E-state index contributed by atoms with van der Waals surface area (Å²) in [5, 5.41) is 0. The molecule has 8 heteroatoms. The number of nitrogens with zero attached hydrogens (tertiary/aromatic N) is 2. The standard InChI is InChI=1S/C18H24N2O5S/c21-18(15-5-9-25-13-15)19-6-4-16-14(12-19)2-1-3-17(16)26(22,23)20-7-10-24-11-8-20/h1-3,15H,4-13H2. The highest BCUT2D eigenvalue weighted by Crippen LogP contribution is 2.29. The topological polar surface area (TPSA) is 76.2 Å². The summed E-state index contributed by atoms with van der Waals surface area (Å²) in [6.45, 7) is 3.79. The summed E-state index contributed by atoms with van der Waals surface area (Å²) in [6, 6.07) is 5.39. The van der Waals surface area contributed by atoms with E-state index >= 15 is 0 Å². The van der Waals surface area contributed by atoms with Gasteiger partial charge < -0.3 is 14.4 Å². The van der Waals surface area contributed by atoms with E-state index in [0.717, 1.165) is 17.5 Å². The highest BCUT2D eigenvalue weighted by atomic mass is 32.2. The van der Waals surface area contributed by atoms with Gasteiger partial charge in [0, 0.05) is 32.8 Å². The Hall–Kier alpha value is -1.48. The Balaban J connectivity index is 1.58. The fraction of sp³-hybridized carbons (Fsp3) is 0.611. The molecule has 0 aliphatic carbocycles. The number of fused-ring (bicyclic) bond motifs is 1. The predicted octanol–water partition coefficient (Wildman–Crippen LogP) is 0.629. The van der Waals surface area contributed by atoms with Gasteiger partial charge in [-0.05, 0) is 30.0 Å². The molecular weight excluding hydrogens is 356 g/mol. The van der Waals surface area contributed by atoms with E-state index in [2.05, 4.69) is 0 Å². The van der Waals surface area contributed by atoms with Crippen molar-refractivity contribution >= 4 is 15.9 Å². The van der Waals surface area contributed by atoms with Gasteiger partial charge in [0.05, 0.1) is 30.6 Å². The van der Waals surface area contributed by atoms with E-state index in [1.54, 1.807) is 12.1 Å². The average Bonchev–Trinajstić information content (AvgIpc) is 3.22. The number of morpholine rings is 1. The number of ether oxygens (including phenoxy) is 2. The molecule has 3 heterocycles. The largest absolute Gasteiger partial charge is 0.381 e. The van der Waals surface area contributed by atoms with Crippen molar-refractivity contribution in [2.24, 2.45) is 5.92 Å². The number of hydrogen-bond acceptors (Lipinski definition) is 5. The minimum absolute atomic E-state index is 0.0585. The van der Waals surface area contributed by atoms with Gasteiger partial charge >= 0.3 is 0 Å². The lowest BCUT2D eigenvalue weighted by atomic mass is 9.98. The highest BCUT2D eigenvalue weighted by molar-refractivity contribution is 7.89. The van der Waals surface area contributed by atoms with Crippen molar-refractivity contribution in [2.75, 3.05) is 46.1 Å². The third-order valence-corrected chi connectivity index (χ3v) is 7.38. The Morgan fingerprint density at radius 2 is 1.88 bits per heavy atom. The second-order valence-corrected chi connectivity index (χ2v) is 8.89. The number of hydrogen-bond donors (Lipinski definition) is 0. The molecule has 3 aliphatic rings. The van der Waals surface area contributed by atoms with Gasteiger partial charge in [0.15, 0.2) is 0 Å². The number of benzene rings is 1. The molecule has 26 heavy (non-hydrogen) atoms. The lowest BCUT2D eigenvalue weighted by Gasteiger charge is -2.33. The fourth-order valence-electron chi connectivity index (χ4n) is 3.92. The lowest BCUT2D eigenvalue weighted by molar-refractivity contribution is -0.136. The van der Waals surface area contributed by atoms with Crippen molar-refractivity contribution in [2.45, 2.75) is 24.3 Å². The minimum atomic E-state index is -3.53. The summed E-state index contributed by atoms with van der Waals surface area (Å²) in [4.78, 5) is 14.9. The monoisotopic (exact) mass is 380 g/mol. The summed E-state index contributed by atoms with van der Waals surface area (Å²) in [6.07, 6.45) is 1.34. The molecule has 0 bridgehead atoms. The smallest absolute Gasteiger partial charge is 0.243 e. The van der Waals surface area contributed by atoms with Crippen LogP contribution in [0.1, 0.15) is 17.5 Å². The van der Waals surface area contributed by atoms with E-state index < -0.39 is 10.0 Å². The van der Waals surface area contributed by atoms with Crippen molar-refractivity contribution in [1.82, 2.24) is 9.21 Å². The van der Waals surface area contributed by atoms with Gasteiger partial charge in [0.25, 0.3) is 0 Å². The summed E-state index contributed by atoms with van der Waals surface area (Å²) in [5.41, 5.74) is 1.78. The molecule has 1 unspecified atom stereocenters. The van der Waals surface area contributed by atoms with Gasteiger partial charge in [-0.2, -0.15) is 4.31 Å².